The van der Waals surface area contributed by atoms with Gasteiger partial charge in [-0.2, -0.15) is 5.10 Å². The van der Waals surface area contributed by atoms with E-state index in [4.69, 9.17) is 28.0 Å². The summed E-state index contributed by atoms with van der Waals surface area (Å²) in [5.74, 6) is 0. The molecular formula is C17H14Cl2N4O. The minimum atomic E-state index is 0.368. The normalized spacial score (nSPS) is 11.5. The van der Waals surface area contributed by atoms with Crippen LogP contribution >= 0.6 is 23.2 Å². The van der Waals surface area contributed by atoms with Crippen molar-refractivity contribution in [3.63, 3.8) is 0 Å². The Morgan fingerprint density at radius 1 is 1.12 bits per heavy atom. The van der Waals surface area contributed by atoms with Gasteiger partial charge in [-0.05, 0) is 23.8 Å². The summed E-state index contributed by atoms with van der Waals surface area (Å²) < 4.78 is 1.65. The van der Waals surface area contributed by atoms with Crippen LogP contribution in [0.15, 0.2) is 66.3 Å². The fourth-order valence-corrected chi connectivity index (χ4v) is 2.63. The predicted molar refractivity (Wildman–Crippen MR) is 94.3 cm³/mol. The van der Waals surface area contributed by atoms with E-state index in [1.807, 2.05) is 36.4 Å². The Hall–Kier alpha value is -2.37. The first-order chi connectivity index (χ1) is 11.7. The van der Waals surface area contributed by atoms with Gasteiger partial charge in [0.25, 0.3) is 0 Å². The van der Waals surface area contributed by atoms with E-state index < -0.39 is 0 Å². The molecule has 0 unspecified atom stereocenters. The largest absolute Gasteiger partial charge is 0.391 e. The van der Waals surface area contributed by atoms with Crippen molar-refractivity contribution in [2.24, 2.45) is 5.16 Å². The van der Waals surface area contributed by atoms with E-state index in [1.54, 1.807) is 23.1 Å². The molecule has 0 amide bonds. The first-order valence-corrected chi connectivity index (χ1v) is 7.98. The van der Waals surface area contributed by atoms with Gasteiger partial charge in [-0.3, -0.25) is 0 Å². The SMILES string of the molecule is Clc1ccc(C(Cn2cncn2)=NOCc2ccccc2)c(Cl)c1. The third kappa shape index (κ3) is 4.34. The Balaban J connectivity index is 1.82. The van der Waals surface area contributed by atoms with Crippen molar-refractivity contribution in [1.82, 2.24) is 14.8 Å². The molecule has 24 heavy (non-hydrogen) atoms. The second-order valence-corrected chi connectivity index (χ2v) is 5.86. The van der Waals surface area contributed by atoms with Crippen LogP contribution in [0.5, 0.6) is 0 Å². The number of nitrogens with zero attached hydrogens (tertiary/aromatic N) is 4. The maximum atomic E-state index is 6.29. The minimum absolute atomic E-state index is 0.368. The Bertz CT molecular complexity index is 820. The van der Waals surface area contributed by atoms with E-state index >= 15 is 0 Å². The lowest BCUT2D eigenvalue weighted by molar-refractivity contribution is 0.130. The van der Waals surface area contributed by atoms with Crippen molar-refractivity contribution < 1.29 is 4.84 Å². The molecule has 3 aromatic rings. The van der Waals surface area contributed by atoms with Gasteiger partial charge in [0.2, 0.25) is 0 Å². The molecule has 0 bridgehead atoms. The maximum Gasteiger partial charge on any atom is 0.142 e. The topological polar surface area (TPSA) is 52.3 Å². The molecule has 7 heteroatoms. The Morgan fingerprint density at radius 2 is 1.96 bits per heavy atom. The molecule has 0 saturated heterocycles. The number of aromatic nitrogens is 3. The van der Waals surface area contributed by atoms with Gasteiger partial charge in [0.1, 0.15) is 25.0 Å². The molecule has 0 radical (unpaired) electrons. The first kappa shape index (κ1) is 16.5. The third-order valence-electron chi connectivity index (χ3n) is 3.27. The number of hydrogen-bond acceptors (Lipinski definition) is 4. The van der Waals surface area contributed by atoms with Crippen LogP contribution in [-0.4, -0.2) is 20.5 Å². The van der Waals surface area contributed by atoms with Crippen molar-refractivity contribution in [2.45, 2.75) is 13.2 Å². The summed E-state index contributed by atoms with van der Waals surface area (Å²) in [5.41, 5.74) is 2.41. The Labute approximate surface area is 149 Å². The maximum absolute atomic E-state index is 6.29. The fraction of sp³-hybridized carbons (Fsp3) is 0.118. The van der Waals surface area contributed by atoms with Gasteiger partial charge in [-0.15, -0.1) is 0 Å². The van der Waals surface area contributed by atoms with E-state index in [9.17, 15) is 0 Å². The van der Waals surface area contributed by atoms with Gasteiger partial charge in [-0.25, -0.2) is 9.67 Å². The molecule has 0 aliphatic heterocycles. The summed E-state index contributed by atoms with van der Waals surface area (Å²) in [6.07, 6.45) is 3.07. The second kappa shape index (κ2) is 7.95. The molecule has 0 saturated carbocycles. The quantitative estimate of drug-likeness (QED) is 0.488. The van der Waals surface area contributed by atoms with Gasteiger partial charge in [0.05, 0.1) is 11.6 Å². The van der Waals surface area contributed by atoms with Gasteiger partial charge >= 0.3 is 0 Å². The lowest BCUT2D eigenvalue weighted by Gasteiger charge is -2.09. The van der Waals surface area contributed by atoms with Crippen molar-refractivity contribution in [3.8, 4) is 0 Å². The molecule has 0 fully saturated rings. The summed E-state index contributed by atoms with van der Waals surface area (Å²) in [6.45, 7) is 0.753. The van der Waals surface area contributed by atoms with Crippen LogP contribution in [0, 0.1) is 0 Å². The number of hydrogen-bond donors (Lipinski definition) is 0. The van der Waals surface area contributed by atoms with E-state index in [0.717, 1.165) is 11.1 Å². The number of rotatable bonds is 6. The molecule has 0 aliphatic rings. The summed E-state index contributed by atoms with van der Waals surface area (Å²) >= 11 is 12.3. The van der Waals surface area contributed by atoms with Crippen molar-refractivity contribution in [2.75, 3.05) is 0 Å². The van der Waals surface area contributed by atoms with Gasteiger partial charge in [-0.1, -0.05) is 58.7 Å². The second-order valence-electron chi connectivity index (χ2n) is 5.01. The zero-order chi connectivity index (χ0) is 16.8. The number of oxime groups is 1. The summed E-state index contributed by atoms with van der Waals surface area (Å²) in [4.78, 5) is 9.44. The highest BCUT2D eigenvalue weighted by atomic mass is 35.5. The zero-order valence-corrected chi connectivity index (χ0v) is 14.2. The molecule has 122 valence electrons. The molecule has 0 spiro atoms. The van der Waals surface area contributed by atoms with Gasteiger partial charge < -0.3 is 4.84 Å². The molecule has 2 aromatic carbocycles. The minimum Gasteiger partial charge on any atom is -0.391 e. The van der Waals surface area contributed by atoms with Crippen molar-refractivity contribution in [3.05, 3.63) is 82.4 Å². The van der Waals surface area contributed by atoms with Crippen molar-refractivity contribution >= 4 is 28.9 Å². The van der Waals surface area contributed by atoms with Crippen LogP contribution in [0.25, 0.3) is 0 Å². The van der Waals surface area contributed by atoms with Crippen LogP contribution in [0.2, 0.25) is 10.0 Å². The van der Waals surface area contributed by atoms with Crippen LogP contribution in [-0.2, 0) is 18.0 Å². The molecule has 0 N–H and O–H groups in total. The highest BCUT2D eigenvalue weighted by Crippen LogP contribution is 2.22. The third-order valence-corrected chi connectivity index (χ3v) is 3.82. The average Bonchev–Trinajstić information content (AvgIpc) is 3.08. The standard InChI is InChI=1S/C17H14Cl2N4O/c18-14-6-7-15(16(19)8-14)17(9-23-12-20-11-21-23)22-24-10-13-4-2-1-3-5-13/h1-8,11-12H,9-10H2. The summed E-state index contributed by atoms with van der Waals surface area (Å²) in [5, 5.41) is 9.42. The van der Waals surface area contributed by atoms with E-state index in [-0.39, 0.29) is 0 Å². The monoisotopic (exact) mass is 360 g/mol. The summed E-state index contributed by atoms with van der Waals surface area (Å²) in [7, 11) is 0. The van der Waals surface area contributed by atoms with Crippen LogP contribution in [0.1, 0.15) is 11.1 Å². The first-order valence-electron chi connectivity index (χ1n) is 7.23. The Morgan fingerprint density at radius 3 is 2.67 bits per heavy atom. The smallest absolute Gasteiger partial charge is 0.142 e. The van der Waals surface area contributed by atoms with Gasteiger partial charge in [0.15, 0.2) is 0 Å². The van der Waals surface area contributed by atoms with E-state index in [2.05, 4.69) is 15.2 Å². The van der Waals surface area contributed by atoms with Crippen molar-refractivity contribution in [1.29, 1.82) is 0 Å². The fourth-order valence-electron chi connectivity index (χ4n) is 2.11. The van der Waals surface area contributed by atoms with E-state index in [1.165, 1.54) is 6.33 Å². The molecule has 3 rings (SSSR count). The van der Waals surface area contributed by atoms with Gasteiger partial charge in [0, 0.05) is 10.6 Å². The molecule has 1 heterocycles. The molecule has 5 nitrogen and oxygen atoms in total. The molecule has 0 aliphatic carbocycles. The number of benzene rings is 2. The Kier molecular flexibility index (Phi) is 5.46. The average molecular weight is 361 g/mol. The van der Waals surface area contributed by atoms with Crippen LogP contribution < -0.4 is 0 Å². The van der Waals surface area contributed by atoms with E-state index in [0.29, 0.717) is 28.9 Å². The lowest BCUT2D eigenvalue weighted by Crippen LogP contribution is -2.13. The lowest BCUT2D eigenvalue weighted by atomic mass is 10.1. The van der Waals surface area contributed by atoms with Crippen LogP contribution in [0.3, 0.4) is 0 Å². The molecule has 0 atom stereocenters. The molecular weight excluding hydrogens is 347 g/mol. The number of halogens is 2. The highest BCUT2D eigenvalue weighted by Gasteiger charge is 2.11. The predicted octanol–water partition coefficient (Wildman–Crippen LogP) is 4.21. The molecule has 1 aromatic heterocycles. The zero-order valence-electron chi connectivity index (χ0n) is 12.6. The summed E-state index contributed by atoms with van der Waals surface area (Å²) in [6, 6.07) is 15.1. The van der Waals surface area contributed by atoms with Crippen LogP contribution in [0.4, 0.5) is 0 Å². The highest BCUT2D eigenvalue weighted by molar-refractivity contribution is 6.37.